The first kappa shape index (κ1) is 12.3. The second-order valence-corrected chi connectivity index (χ2v) is 4.27. The highest BCUT2D eigenvalue weighted by Crippen LogP contribution is 2.04. The van der Waals surface area contributed by atoms with E-state index in [1.54, 1.807) is 18.5 Å². The van der Waals surface area contributed by atoms with Gasteiger partial charge in [-0.15, -0.1) is 0 Å². The number of thioether (sulfide) groups is 1. The average Bonchev–Trinajstić information content (AvgIpc) is 2.29. The molecule has 0 aliphatic carbocycles. The van der Waals surface area contributed by atoms with Gasteiger partial charge < -0.3 is 10.4 Å². The molecule has 0 amide bonds. The van der Waals surface area contributed by atoms with E-state index in [-0.39, 0.29) is 0 Å². The van der Waals surface area contributed by atoms with Gasteiger partial charge in [-0.3, -0.25) is 0 Å². The predicted octanol–water partition coefficient (Wildman–Crippen LogP) is 1.39. The Hall–Kier alpha value is -0.810. The molecule has 0 bridgehead atoms. The highest BCUT2D eigenvalue weighted by Gasteiger charge is 1.93. The van der Waals surface area contributed by atoms with Gasteiger partial charge in [-0.2, -0.15) is 11.8 Å². The van der Waals surface area contributed by atoms with Crippen LogP contribution in [0.3, 0.4) is 0 Å². The summed E-state index contributed by atoms with van der Waals surface area (Å²) in [5.74, 6) is 2.84. The Kier molecular flexibility index (Phi) is 6.94. The first-order valence-corrected chi connectivity index (χ1v) is 6.28. The monoisotopic (exact) mass is 227 g/mol. The molecule has 0 aromatic carbocycles. The first-order valence-electron chi connectivity index (χ1n) is 5.13. The molecule has 0 saturated heterocycles. The Bertz CT molecular complexity index is 246. The van der Waals surface area contributed by atoms with Crippen molar-refractivity contribution in [3.63, 3.8) is 0 Å². The van der Waals surface area contributed by atoms with Gasteiger partial charge in [-0.25, -0.2) is 9.97 Å². The van der Waals surface area contributed by atoms with Crippen molar-refractivity contribution in [2.45, 2.75) is 12.8 Å². The minimum atomic E-state index is 0.295. The summed E-state index contributed by atoms with van der Waals surface area (Å²) in [5.41, 5.74) is 0. The molecule has 1 rings (SSSR count). The summed E-state index contributed by atoms with van der Waals surface area (Å²) in [6.07, 6.45) is 5.44. The van der Waals surface area contributed by atoms with Crippen molar-refractivity contribution in [1.29, 1.82) is 0 Å². The summed E-state index contributed by atoms with van der Waals surface area (Å²) >= 11 is 1.87. The van der Waals surface area contributed by atoms with Gasteiger partial charge in [-0.05, 0) is 30.4 Å². The number of aliphatic hydroxyl groups is 1. The van der Waals surface area contributed by atoms with Crippen LogP contribution in [0.4, 0.5) is 5.95 Å². The third-order valence-corrected chi connectivity index (χ3v) is 2.92. The van der Waals surface area contributed by atoms with Crippen molar-refractivity contribution in [3.05, 3.63) is 18.5 Å². The van der Waals surface area contributed by atoms with E-state index >= 15 is 0 Å². The Morgan fingerprint density at radius 1 is 1.20 bits per heavy atom. The van der Waals surface area contributed by atoms with E-state index in [2.05, 4.69) is 15.3 Å². The molecule has 0 saturated carbocycles. The van der Waals surface area contributed by atoms with Crippen LogP contribution in [0.5, 0.6) is 0 Å². The maximum absolute atomic E-state index is 8.58. The molecule has 1 aromatic heterocycles. The Morgan fingerprint density at radius 3 is 2.67 bits per heavy atom. The van der Waals surface area contributed by atoms with E-state index in [0.29, 0.717) is 12.6 Å². The lowest BCUT2D eigenvalue weighted by atomic mass is 10.5. The second-order valence-electron chi connectivity index (χ2n) is 3.04. The van der Waals surface area contributed by atoms with E-state index in [4.69, 9.17) is 5.11 Å². The zero-order valence-corrected chi connectivity index (χ0v) is 9.54. The molecule has 84 valence electrons. The summed E-state index contributed by atoms with van der Waals surface area (Å²) in [4.78, 5) is 8.13. The number of aromatic nitrogens is 2. The number of nitrogens with one attached hydrogen (secondary N) is 1. The molecule has 15 heavy (non-hydrogen) atoms. The van der Waals surface area contributed by atoms with Crippen molar-refractivity contribution in [2.75, 3.05) is 30.0 Å². The topological polar surface area (TPSA) is 58.0 Å². The minimum Gasteiger partial charge on any atom is -0.396 e. The molecule has 0 spiro atoms. The summed E-state index contributed by atoms with van der Waals surface area (Å²) in [7, 11) is 0. The molecule has 0 atom stereocenters. The number of nitrogens with zero attached hydrogens (tertiary/aromatic N) is 2. The van der Waals surface area contributed by atoms with Gasteiger partial charge in [0.05, 0.1) is 0 Å². The summed E-state index contributed by atoms with van der Waals surface area (Å²) < 4.78 is 0. The lowest BCUT2D eigenvalue weighted by Crippen LogP contribution is -2.05. The number of anilines is 1. The van der Waals surface area contributed by atoms with Crippen molar-refractivity contribution < 1.29 is 5.11 Å². The molecular formula is C10H17N3OS. The predicted molar refractivity (Wildman–Crippen MR) is 64.2 cm³/mol. The normalized spacial score (nSPS) is 10.2. The van der Waals surface area contributed by atoms with Gasteiger partial charge in [0.1, 0.15) is 0 Å². The summed E-state index contributed by atoms with van der Waals surface area (Å²) in [5, 5.41) is 11.7. The van der Waals surface area contributed by atoms with Crippen LogP contribution in [0.1, 0.15) is 12.8 Å². The molecule has 2 N–H and O–H groups in total. The van der Waals surface area contributed by atoms with Crippen LogP contribution in [0.15, 0.2) is 18.5 Å². The van der Waals surface area contributed by atoms with E-state index in [1.807, 2.05) is 11.8 Å². The molecular weight excluding hydrogens is 210 g/mol. The molecule has 1 heterocycles. The number of hydrogen-bond acceptors (Lipinski definition) is 5. The Balaban J connectivity index is 1.93. The smallest absolute Gasteiger partial charge is 0.222 e. The van der Waals surface area contributed by atoms with Gasteiger partial charge >= 0.3 is 0 Å². The van der Waals surface area contributed by atoms with E-state index in [1.165, 1.54) is 0 Å². The molecule has 0 unspecified atom stereocenters. The maximum Gasteiger partial charge on any atom is 0.222 e. The summed E-state index contributed by atoms with van der Waals surface area (Å²) in [6.45, 7) is 1.19. The molecule has 4 nitrogen and oxygen atoms in total. The lowest BCUT2D eigenvalue weighted by molar-refractivity contribution is 0.296. The van der Waals surface area contributed by atoms with E-state index in [0.717, 1.165) is 30.9 Å². The van der Waals surface area contributed by atoms with Crippen LogP contribution in [-0.4, -0.2) is 39.7 Å². The van der Waals surface area contributed by atoms with E-state index < -0.39 is 0 Å². The molecule has 0 aliphatic rings. The Morgan fingerprint density at radius 2 is 1.93 bits per heavy atom. The fourth-order valence-corrected chi connectivity index (χ4v) is 1.92. The van der Waals surface area contributed by atoms with Crippen LogP contribution in [0.2, 0.25) is 0 Å². The van der Waals surface area contributed by atoms with Crippen molar-refractivity contribution in [1.82, 2.24) is 9.97 Å². The highest BCUT2D eigenvalue weighted by molar-refractivity contribution is 7.99. The van der Waals surface area contributed by atoms with Gasteiger partial charge in [0.2, 0.25) is 5.95 Å². The molecule has 1 aromatic rings. The standard InChI is InChI=1S/C10H17N3OS/c14-7-3-9-15-8-2-6-13-10-11-4-1-5-12-10/h1,4-5,14H,2-3,6-9H2,(H,11,12,13). The van der Waals surface area contributed by atoms with Crippen molar-refractivity contribution in [2.24, 2.45) is 0 Å². The number of rotatable bonds is 8. The van der Waals surface area contributed by atoms with Gasteiger partial charge in [0.25, 0.3) is 0 Å². The van der Waals surface area contributed by atoms with Gasteiger partial charge in [0, 0.05) is 25.5 Å². The lowest BCUT2D eigenvalue weighted by Gasteiger charge is -2.03. The van der Waals surface area contributed by atoms with Gasteiger partial charge in [0.15, 0.2) is 0 Å². The zero-order chi connectivity index (χ0) is 10.8. The van der Waals surface area contributed by atoms with Crippen LogP contribution >= 0.6 is 11.8 Å². The fraction of sp³-hybridized carbons (Fsp3) is 0.600. The van der Waals surface area contributed by atoms with Crippen LogP contribution in [0, 0.1) is 0 Å². The molecule has 0 fully saturated rings. The first-order chi connectivity index (χ1) is 7.43. The van der Waals surface area contributed by atoms with Crippen LogP contribution in [-0.2, 0) is 0 Å². The van der Waals surface area contributed by atoms with Crippen LogP contribution in [0.25, 0.3) is 0 Å². The number of hydrogen-bond donors (Lipinski definition) is 2. The average molecular weight is 227 g/mol. The quantitative estimate of drug-likeness (QED) is 0.657. The highest BCUT2D eigenvalue weighted by atomic mass is 32.2. The SMILES string of the molecule is OCCCSCCCNc1ncccn1. The third-order valence-electron chi connectivity index (χ3n) is 1.76. The molecule has 5 heteroatoms. The third kappa shape index (κ3) is 6.30. The molecule has 0 radical (unpaired) electrons. The van der Waals surface area contributed by atoms with Crippen LogP contribution < -0.4 is 5.32 Å². The molecule has 0 aliphatic heterocycles. The summed E-state index contributed by atoms with van der Waals surface area (Å²) in [6, 6.07) is 1.80. The van der Waals surface area contributed by atoms with Crippen molar-refractivity contribution >= 4 is 17.7 Å². The largest absolute Gasteiger partial charge is 0.396 e. The van der Waals surface area contributed by atoms with Crippen molar-refractivity contribution in [3.8, 4) is 0 Å². The number of aliphatic hydroxyl groups excluding tert-OH is 1. The zero-order valence-electron chi connectivity index (χ0n) is 8.72. The van der Waals surface area contributed by atoms with E-state index in [9.17, 15) is 0 Å². The minimum absolute atomic E-state index is 0.295. The maximum atomic E-state index is 8.58. The second kappa shape index (κ2) is 8.49. The fourth-order valence-electron chi connectivity index (χ4n) is 1.03. The van der Waals surface area contributed by atoms with Gasteiger partial charge in [-0.1, -0.05) is 0 Å². The Labute approximate surface area is 94.5 Å².